The van der Waals surface area contributed by atoms with E-state index in [2.05, 4.69) is 16.0 Å². The molecule has 0 saturated heterocycles. The van der Waals surface area contributed by atoms with Crippen LogP contribution in [0.5, 0.6) is 0 Å². The fourth-order valence-corrected chi connectivity index (χ4v) is 1.87. The summed E-state index contributed by atoms with van der Waals surface area (Å²) in [6.45, 7) is 5.75. The predicted octanol–water partition coefficient (Wildman–Crippen LogP) is 0.264. The minimum absolute atomic E-state index is 0.128. The number of rotatable bonds is 2. The lowest BCUT2D eigenvalue weighted by Crippen LogP contribution is -2.49. The second-order valence-corrected chi connectivity index (χ2v) is 5.32. The van der Waals surface area contributed by atoms with Crippen molar-refractivity contribution in [2.45, 2.75) is 39.3 Å². The van der Waals surface area contributed by atoms with Gasteiger partial charge in [0, 0.05) is 25.6 Å². The van der Waals surface area contributed by atoms with Crippen LogP contribution in [0.1, 0.15) is 27.2 Å². The van der Waals surface area contributed by atoms with Crippen molar-refractivity contribution in [3.63, 3.8) is 0 Å². The van der Waals surface area contributed by atoms with E-state index in [1.807, 2.05) is 13.8 Å². The molecule has 2 unspecified atom stereocenters. The fourth-order valence-electron chi connectivity index (χ4n) is 1.87. The summed E-state index contributed by atoms with van der Waals surface area (Å²) >= 11 is 0. The Morgan fingerprint density at radius 3 is 2.67 bits per heavy atom. The molecule has 21 heavy (non-hydrogen) atoms. The van der Waals surface area contributed by atoms with E-state index in [0.717, 1.165) is 0 Å². The normalized spacial score (nSPS) is 23.8. The molecule has 0 aromatic carbocycles. The number of hydrogen-bond donors (Lipinski definition) is 3. The largest absolute Gasteiger partial charge is 0.352 e. The zero-order valence-electron chi connectivity index (χ0n) is 12.7. The van der Waals surface area contributed by atoms with Crippen LogP contribution in [-0.4, -0.2) is 36.3 Å². The van der Waals surface area contributed by atoms with E-state index in [0.29, 0.717) is 13.0 Å². The van der Waals surface area contributed by atoms with E-state index in [9.17, 15) is 14.4 Å². The molecular weight excluding hydrogens is 270 g/mol. The summed E-state index contributed by atoms with van der Waals surface area (Å²) in [6, 6.07) is -0.973. The minimum Gasteiger partial charge on any atom is -0.352 e. The quantitative estimate of drug-likeness (QED) is 0.638. The predicted molar refractivity (Wildman–Crippen MR) is 80.3 cm³/mol. The molecule has 1 rings (SSSR count). The fraction of sp³-hybridized carbons (Fsp3) is 0.533. The van der Waals surface area contributed by atoms with Crippen LogP contribution in [0.4, 0.5) is 0 Å². The minimum atomic E-state index is -0.702. The topological polar surface area (TPSA) is 87.3 Å². The molecule has 1 aliphatic heterocycles. The zero-order chi connectivity index (χ0) is 15.8. The van der Waals surface area contributed by atoms with Crippen LogP contribution in [0.25, 0.3) is 0 Å². The zero-order valence-corrected chi connectivity index (χ0v) is 12.7. The van der Waals surface area contributed by atoms with Crippen LogP contribution in [0.15, 0.2) is 24.3 Å². The summed E-state index contributed by atoms with van der Waals surface area (Å²) in [6.07, 6.45) is 7.12. The summed E-state index contributed by atoms with van der Waals surface area (Å²) in [5, 5.41) is 8.19. The highest BCUT2D eigenvalue weighted by Crippen LogP contribution is 2.05. The molecule has 0 bridgehead atoms. The molecule has 6 heteroatoms. The van der Waals surface area contributed by atoms with Gasteiger partial charge in [0.05, 0.1) is 0 Å². The van der Waals surface area contributed by atoms with Gasteiger partial charge >= 0.3 is 0 Å². The van der Waals surface area contributed by atoms with E-state index in [1.165, 1.54) is 13.0 Å². The monoisotopic (exact) mass is 293 g/mol. The van der Waals surface area contributed by atoms with Gasteiger partial charge in [-0.05, 0) is 12.3 Å². The molecule has 0 aromatic rings. The van der Waals surface area contributed by atoms with Crippen molar-refractivity contribution in [2.75, 3.05) is 6.54 Å². The van der Waals surface area contributed by atoms with Gasteiger partial charge in [0.2, 0.25) is 17.7 Å². The average molecular weight is 293 g/mol. The molecule has 0 fully saturated rings. The van der Waals surface area contributed by atoms with Crippen molar-refractivity contribution in [1.82, 2.24) is 16.0 Å². The van der Waals surface area contributed by atoms with Gasteiger partial charge in [-0.3, -0.25) is 14.4 Å². The van der Waals surface area contributed by atoms with E-state index in [-0.39, 0.29) is 29.7 Å². The van der Waals surface area contributed by atoms with Crippen molar-refractivity contribution in [3.05, 3.63) is 24.3 Å². The lowest BCUT2D eigenvalue weighted by molar-refractivity contribution is -0.127. The first-order valence-electron chi connectivity index (χ1n) is 7.10. The molecule has 3 N–H and O–H groups in total. The van der Waals surface area contributed by atoms with Crippen LogP contribution in [0.2, 0.25) is 0 Å². The van der Waals surface area contributed by atoms with Crippen LogP contribution in [-0.2, 0) is 14.4 Å². The average Bonchev–Trinajstić information content (AvgIpc) is 2.39. The Morgan fingerprint density at radius 1 is 1.33 bits per heavy atom. The van der Waals surface area contributed by atoms with Gasteiger partial charge in [-0.25, -0.2) is 0 Å². The van der Waals surface area contributed by atoms with Crippen molar-refractivity contribution in [2.24, 2.45) is 5.92 Å². The number of carbonyl (C=O) groups is 3. The molecule has 0 spiro atoms. The third-order valence-electron chi connectivity index (χ3n) is 3.06. The molecule has 0 aromatic heterocycles. The smallest absolute Gasteiger partial charge is 0.247 e. The summed E-state index contributed by atoms with van der Waals surface area (Å²) in [4.78, 5) is 35.0. The molecule has 0 radical (unpaired) electrons. The van der Waals surface area contributed by atoms with Gasteiger partial charge in [-0.2, -0.15) is 0 Å². The van der Waals surface area contributed by atoms with Gasteiger partial charge in [-0.15, -0.1) is 0 Å². The summed E-state index contributed by atoms with van der Waals surface area (Å²) in [5.41, 5.74) is 0. The summed E-state index contributed by atoms with van der Waals surface area (Å²) in [5.74, 6) is -0.604. The van der Waals surface area contributed by atoms with Crippen LogP contribution in [0.3, 0.4) is 0 Å². The van der Waals surface area contributed by atoms with Gasteiger partial charge in [0.1, 0.15) is 6.04 Å². The maximum absolute atomic E-state index is 12.3. The Hall–Kier alpha value is -2.11. The Kier molecular flexibility index (Phi) is 6.65. The summed E-state index contributed by atoms with van der Waals surface area (Å²) < 4.78 is 0. The molecule has 3 amide bonds. The number of carbonyl (C=O) groups excluding carboxylic acids is 3. The second kappa shape index (κ2) is 8.24. The first-order chi connectivity index (χ1) is 9.90. The first kappa shape index (κ1) is 16.9. The SMILES string of the molecule is CC(=O)NC1C=CCCNC(=O)C=CC(C(C)C)NC1=O. The van der Waals surface area contributed by atoms with E-state index in [4.69, 9.17) is 0 Å². The van der Waals surface area contributed by atoms with Gasteiger partial charge in [0.15, 0.2) is 0 Å². The maximum atomic E-state index is 12.3. The first-order valence-corrected chi connectivity index (χ1v) is 7.10. The van der Waals surface area contributed by atoms with E-state index in [1.54, 1.807) is 18.2 Å². The van der Waals surface area contributed by atoms with Crippen LogP contribution in [0, 0.1) is 5.92 Å². The van der Waals surface area contributed by atoms with E-state index < -0.39 is 6.04 Å². The van der Waals surface area contributed by atoms with Crippen LogP contribution >= 0.6 is 0 Å². The van der Waals surface area contributed by atoms with E-state index >= 15 is 0 Å². The molecular formula is C15H23N3O3. The molecule has 6 nitrogen and oxygen atoms in total. The molecule has 0 aliphatic carbocycles. The Balaban J connectivity index is 2.92. The molecule has 2 atom stereocenters. The van der Waals surface area contributed by atoms with Crippen molar-refractivity contribution in [3.8, 4) is 0 Å². The lowest BCUT2D eigenvalue weighted by atomic mass is 10.0. The third-order valence-corrected chi connectivity index (χ3v) is 3.06. The number of hydrogen-bond acceptors (Lipinski definition) is 3. The van der Waals surface area contributed by atoms with Crippen molar-refractivity contribution >= 4 is 17.7 Å². The van der Waals surface area contributed by atoms with Gasteiger partial charge in [0.25, 0.3) is 0 Å². The highest BCUT2D eigenvalue weighted by Gasteiger charge is 2.21. The third kappa shape index (κ3) is 6.25. The Bertz CT molecular complexity index is 455. The highest BCUT2D eigenvalue weighted by molar-refractivity contribution is 5.90. The van der Waals surface area contributed by atoms with Crippen LogP contribution < -0.4 is 16.0 Å². The molecule has 1 aliphatic rings. The van der Waals surface area contributed by atoms with Gasteiger partial charge < -0.3 is 16.0 Å². The lowest BCUT2D eigenvalue weighted by Gasteiger charge is -2.22. The second-order valence-electron chi connectivity index (χ2n) is 5.32. The molecule has 116 valence electrons. The molecule has 1 heterocycles. The van der Waals surface area contributed by atoms with Gasteiger partial charge in [-0.1, -0.05) is 32.1 Å². The number of amides is 3. The molecule has 0 saturated carbocycles. The van der Waals surface area contributed by atoms with Crippen molar-refractivity contribution < 1.29 is 14.4 Å². The number of nitrogens with one attached hydrogen (secondary N) is 3. The highest BCUT2D eigenvalue weighted by atomic mass is 16.2. The Labute approximate surface area is 125 Å². The standard InChI is InChI=1S/C15H23N3O3/c1-10(2)12-7-8-14(20)16-9-5-4-6-13(15(21)18-12)17-11(3)19/h4,6-8,10,12-13H,5,9H2,1-3H3,(H,16,20)(H,17,19)(H,18,21). The summed E-state index contributed by atoms with van der Waals surface area (Å²) in [7, 11) is 0. The van der Waals surface area contributed by atoms with Crippen molar-refractivity contribution in [1.29, 1.82) is 0 Å². The maximum Gasteiger partial charge on any atom is 0.247 e. The Morgan fingerprint density at radius 2 is 2.05 bits per heavy atom.